The Morgan fingerprint density at radius 2 is 0.857 bits per heavy atom. The minimum absolute atomic E-state index is 0.00547. The summed E-state index contributed by atoms with van der Waals surface area (Å²) >= 11 is 0. The number of hydrogen-bond acceptors (Lipinski definition) is 2. The smallest absolute Gasteiger partial charge is 0.0585 e. The maximum atomic E-state index is 10.1. The third kappa shape index (κ3) is 11.7. The molecule has 42 heavy (non-hydrogen) atoms. The largest absolute Gasteiger partial charge is 0.393 e. The van der Waals surface area contributed by atoms with Crippen LogP contribution in [0.25, 0.3) is 0 Å². The van der Waals surface area contributed by atoms with Gasteiger partial charge in [-0.3, -0.25) is 0 Å². The van der Waals surface area contributed by atoms with E-state index in [0.717, 1.165) is 25.7 Å². The van der Waals surface area contributed by atoms with Gasteiger partial charge in [0, 0.05) is 0 Å². The van der Waals surface area contributed by atoms with Crippen LogP contribution >= 0.6 is 0 Å². The number of aliphatic hydroxyl groups is 2. The van der Waals surface area contributed by atoms with Crippen LogP contribution in [0.3, 0.4) is 0 Å². The molecule has 0 amide bonds. The number of aliphatic hydroxyl groups excluding tert-OH is 2. The van der Waals surface area contributed by atoms with Gasteiger partial charge >= 0.3 is 0 Å². The van der Waals surface area contributed by atoms with E-state index in [-0.39, 0.29) is 23.0 Å². The van der Waals surface area contributed by atoms with E-state index in [2.05, 4.69) is 154 Å². The molecule has 0 bridgehead atoms. The van der Waals surface area contributed by atoms with E-state index in [1.165, 1.54) is 44.6 Å². The van der Waals surface area contributed by atoms with Gasteiger partial charge in [0.1, 0.15) is 0 Å². The molecule has 2 rings (SSSR count). The van der Waals surface area contributed by atoms with Crippen molar-refractivity contribution in [1.82, 2.24) is 0 Å². The van der Waals surface area contributed by atoms with Gasteiger partial charge in [0.15, 0.2) is 0 Å². The second-order valence-corrected chi connectivity index (χ2v) is 13.7. The zero-order chi connectivity index (χ0) is 31.5. The van der Waals surface area contributed by atoms with Crippen LogP contribution in [0.5, 0.6) is 0 Å². The molecule has 0 aromatic carbocycles. The maximum Gasteiger partial charge on any atom is 0.0585 e. The third-order valence-electron chi connectivity index (χ3n) is 8.24. The summed E-state index contributed by atoms with van der Waals surface area (Å²) in [6, 6.07) is 0. The molecular formula is C40H56O2. The van der Waals surface area contributed by atoms with Crippen molar-refractivity contribution >= 4 is 0 Å². The molecule has 0 aromatic heterocycles. The van der Waals surface area contributed by atoms with Gasteiger partial charge in [-0.05, 0) is 89.2 Å². The Kier molecular flexibility index (Phi) is 13.5. The van der Waals surface area contributed by atoms with Gasteiger partial charge in [-0.25, -0.2) is 0 Å². The van der Waals surface area contributed by atoms with Crippen LogP contribution in [0, 0.1) is 10.8 Å². The number of rotatable bonds is 10. The zero-order valence-corrected chi connectivity index (χ0v) is 28.0. The summed E-state index contributed by atoms with van der Waals surface area (Å²) in [6.07, 6.45) is 32.6. The molecule has 0 spiro atoms. The van der Waals surface area contributed by atoms with E-state index >= 15 is 0 Å². The summed E-state index contributed by atoms with van der Waals surface area (Å²) < 4.78 is 0. The minimum atomic E-state index is -0.227. The van der Waals surface area contributed by atoms with Crippen LogP contribution in [-0.2, 0) is 0 Å². The fourth-order valence-corrected chi connectivity index (χ4v) is 6.13. The van der Waals surface area contributed by atoms with Crippen molar-refractivity contribution in [2.24, 2.45) is 10.8 Å². The fourth-order valence-electron chi connectivity index (χ4n) is 6.13. The number of allylic oxidation sites excluding steroid dienone is 20. The normalized spacial score (nSPS) is 25.0. The van der Waals surface area contributed by atoms with E-state index in [1.54, 1.807) is 0 Å². The Bertz CT molecular complexity index is 1190. The Balaban J connectivity index is 1.90. The lowest BCUT2D eigenvalue weighted by Crippen LogP contribution is -2.28. The molecule has 0 aliphatic heterocycles. The lowest BCUT2D eigenvalue weighted by molar-refractivity contribution is 0.116. The summed E-state index contributed by atoms with van der Waals surface area (Å²) in [4.78, 5) is 0. The first-order chi connectivity index (χ1) is 19.6. The molecule has 2 heteroatoms. The van der Waals surface area contributed by atoms with Crippen molar-refractivity contribution in [3.8, 4) is 0 Å². The summed E-state index contributed by atoms with van der Waals surface area (Å²) in [5.74, 6) is 0. The summed E-state index contributed by atoms with van der Waals surface area (Å²) in [5, 5.41) is 20.2. The Labute approximate surface area is 257 Å². The molecule has 0 fully saturated rings. The van der Waals surface area contributed by atoms with Crippen molar-refractivity contribution in [1.29, 1.82) is 0 Å². The summed E-state index contributed by atoms with van der Waals surface area (Å²) in [7, 11) is 0. The Hall–Kier alpha value is -2.94. The first-order valence-electron chi connectivity index (χ1n) is 15.5. The van der Waals surface area contributed by atoms with Gasteiger partial charge in [0.25, 0.3) is 0 Å². The van der Waals surface area contributed by atoms with Crippen molar-refractivity contribution < 1.29 is 10.2 Å². The number of hydrogen-bond donors (Lipinski definition) is 2. The average molecular weight is 569 g/mol. The first kappa shape index (κ1) is 35.3. The van der Waals surface area contributed by atoms with Crippen molar-refractivity contribution in [2.45, 2.75) is 107 Å². The van der Waals surface area contributed by atoms with Crippen LogP contribution in [0.2, 0.25) is 0 Å². The second kappa shape index (κ2) is 16.1. The summed E-state index contributed by atoms with van der Waals surface area (Å²) in [6.45, 7) is 21.6. The predicted octanol–water partition coefficient (Wildman–Crippen LogP) is 10.5. The lowest BCUT2D eigenvalue weighted by Gasteiger charge is -2.35. The highest BCUT2D eigenvalue weighted by Gasteiger charge is 2.32. The molecule has 0 heterocycles. The average Bonchev–Trinajstić information content (AvgIpc) is 2.84. The second-order valence-electron chi connectivity index (χ2n) is 13.7. The van der Waals surface area contributed by atoms with E-state index in [1.807, 2.05) is 0 Å². The molecule has 0 saturated carbocycles. The molecular weight excluding hydrogens is 512 g/mol. The molecule has 2 N–H and O–H groups in total. The lowest BCUT2D eigenvalue weighted by atomic mass is 9.71. The van der Waals surface area contributed by atoms with Crippen LogP contribution in [0.1, 0.15) is 94.9 Å². The van der Waals surface area contributed by atoms with Crippen LogP contribution < -0.4 is 0 Å². The molecule has 0 aromatic rings. The highest BCUT2D eigenvalue weighted by atomic mass is 16.3. The molecule has 0 saturated heterocycles. The zero-order valence-electron chi connectivity index (χ0n) is 28.0. The molecule has 2 aliphatic rings. The van der Waals surface area contributed by atoms with Gasteiger partial charge < -0.3 is 10.2 Å². The summed E-state index contributed by atoms with van der Waals surface area (Å²) in [5.41, 5.74) is 10.1. The quantitative estimate of drug-likeness (QED) is 0.257. The molecule has 228 valence electrons. The monoisotopic (exact) mass is 568 g/mol. The molecule has 0 unspecified atom stereocenters. The van der Waals surface area contributed by atoms with Crippen molar-refractivity contribution in [3.63, 3.8) is 0 Å². The van der Waals surface area contributed by atoms with E-state index < -0.39 is 0 Å². The van der Waals surface area contributed by atoms with Crippen LogP contribution in [0.15, 0.2) is 130 Å². The van der Waals surface area contributed by atoms with E-state index in [4.69, 9.17) is 0 Å². The highest BCUT2D eigenvalue weighted by Crippen LogP contribution is 2.42. The SMILES string of the molecule is CC1=C(/C=C/C(C)=C/C=C/C(C)=C/C=C\C=C(C)/C=C/C=C(C)/C=C/C2=C(C)C[C@H](O)CC2(C)C)C(C)(C)C[C@H](O)C1. The van der Waals surface area contributed by atoms with Gasteiger partial charge in [0.2, 0.25) is 0 Å². The van der Waals surface area contributed by atoms with Crippen molar-refractivity contribution in [2.75, 3.05) is 0 Å². The van der Waals surface area contributed by atoms with Gasteiger partial charge in [-0.1, -0.05) is 146 Å². The van der Waals surface area contributed by atoms with Crippen LogP contribution in [-0.4, -0.2) is 22.4 Å². The molecule has 0 radical (unpaired) electrons. The molecule has 2 aliphatic carbocycles. The van der Waals surface area contributed by atoms with Crippen molar-refractivity contribution in [3.05, 3.63) is 130 Å². The fraction of sp³-hybridized carbons (Fsp3) is 0.450. The maximum absolute atomic E-state index is 10.1. The molecule has 2 atom stereocenters. The van der Waals surface area contributed by atoms with Gasteiger partial charge in [0.05, 0.1) is 12.2 Å². The Morgan fingerprint density at radius 1 is 0.548 bits per heavy atom. The molecule has 2 nitrogen and oxygen atoms in total. The van der Waals surface area contributed by atoms with Crippen LogP contribution in [0.4, 0.5) is 0 Å². The van der Waals surface area contributed by atoms with E-state index in [9.17, 15) is 10.2 Å². The van der Waals surface area contributed by atoms with Gasteiger partial charge in [-0.2, -0.15) is 0 Å². The highest BCUT2D eigenvalue weighted by molar-refractivity contribution is 5.39. The van der Waals surface area contributed by atoms with E-state index in [0.29, 0.717) is 0 Å². The first-order valence-corrected chi connectivity index (χ1v) is 15.5. The van der Waals surface area contributed by atoms with Gasteiger partial charge in [-0.15, -0.1) is 0 Å². The predicted molar refractivity (Wildman–Crippen MR) is 184 cm³/mol. The Morgan fingerprint density at radius 3 is 1.19 bits per heavy atom. The topological polar surface area (TPSA) is 40.5 Å². The standard InChI is InChI=1S/C40H56O2/c1-29(17-13-19-31(3)21-23-37-33(5)25-35(41)27-39(37,7)8)15-11-12-16-30(2)18-14-20-32(4)22-24-38-34(6)26-36(42)28-40(38,9)10/h11-24,35-36,41-42H,25-28H2,1-10H3/b12-11-,17-13+,18-14+,23-21+,24-22+,29-15-,30-16+,31-19+,32-20+/t35-,36+/m0/s1. The minimum Gasteiger partial charge on any atom is -0.393 e. The third-order valence-corrected chi connectivity index (χ3v) is 8.24.